The number of nitrogens with one attached hydrogen (secondary N) is 1. The van der Waals surface area contributed by atoms with Crippen LogP contribution in [0.15, 0.2) is 27.3 Å². The molecule has 0 spiro atoms. The lowest BCUT2D eigenvalue weighted by Crippen LogP contribution is -2.13. The number of aromatic nitrogens is 2. The lowest BCUT2D eigenvalue weighted by atomic mass is 10.2. The summed E-state index contributed by atoms with van der Waals surface area (Å²) in [4.78, 5) is 11.8. The predicted molar refractivity (Wildman–Crippen MR) is 65.9 cm³/mol. The van der Waals surface area contributed by atoms with E-state index in [4.69, 9.17) is 0 Å². The van der Waals surface area contributed by atoms with Gasteiger partial charge >= 0.3 is 0 Å². The Balaban J connectivity index is 2.19. The minimum atomic E-state index is -0.334. The monoisotopic (exact) mass is 295 g/mol. The molecule has 0 aliphatic carbocycles. The van der Waals surface area contributed by atoms with E-state index in [1.54, 1.807) is 6.92 Å². The van der Waals surface area contributed by atoms with Gasteiger partial charge < -0.3 is 5.32 Å². The number of aryl methyl sites for hydroxylation is 2. The van der Waals surface area contributed by atoms with Crippen molar-refractivity contribution in [2.24, 2.45) is 0 Å². The average Bonchev–Trinajstić information content (AvgIpc) is 2.70. The van der Waals surface area contributed by atoms with Crippen molar-refractivity contribution in [3.63, 3.8) is 0 Å². The smallest absolute Gasteiger partial charge is 0.279 e. The van der Waals surface area contributed by atoms with Crippen LogP contribution in [-0.2, 0) is 0 Å². The van der Waals surface area contributed by atoms with Gasteiger partial charge in [0.15, 0.2) is 5.69 Å². The summed E-state index contributed by atoms with van der Waals surface area (Å²) < 4.78 is 5.41. The van der Waals surface area contributed by atoms with Crippen LogP contribution < -0.4 is 5.32 Å². The van der Waals surface area contributed by atoms with E-state index in [0.29, 0.717) is 11.4 Å². The molecule has 0 saturated carbocycles. The molecule has 1 aromatic carbocycles. The topological polar surface area (TPSA) is 68.0 Å². The van der Waals surface area contributed by atoms with E-state index >= 15 is 0 Å². The van der Waals surface area contributed by atoms with E-state index in [1.165, 1.54) is 0 Å². The van der Waals surface area contributed by atoms with Gasteiger partial charge in [0.1, 0.15) is 5.69 Å². The Morgan fingerprint density at radius 2 is 2.12 bits per heavy atom. The van der Waals surface area contributed by atoms with Gasteiger partial charge in [-0.25, -0.2) is 4.63 Å². The van der Waals surface area contributed by atoms with Crippen molar-refractivity contribution in [1.29, 1.82) is 0 Å². The van der Waals surface area contributed by atoms with Crippen molar-refractivity contribution in [2.75, 3.05) is 5.32 Å². The van der Waals surface area contributed by atoms with Gasteiger partial charge in [0, 0.05) is 10.2 Å². The summed E-state index contributed by atoms with van der Waals surface area (Å²) in [5, 5.41) is 9.82. The molecule has 0 aliphatic rings. The first-order chi connectivity index (χ1) is 8.08. The molecule has 1 N–H and O–H groups in total. The molecule has 88 valence electrons. The molecule has 0 bridgehead atoms. The van der Waals surface area contributed by atoms with Crippen LogP contribution in [0.3, 0.4) is 0 Å². The van der Waals surface area contributed by atoms with Gasteiger partial charge in [0.05, 0.1) is 0 Å². The third-order valence-corrected chi connectivity index (χ3v) is 3.15. The van der Waals surface area contributed by atoms with E-state index in [9.17, 15) is 4.79 Å². The highest BCUT2D eigenvalue weighted by atomic mass is 79.9. The van der Waals surface area contributed by atoms with Crippen molar-refractivity contribution < 1.29 is 9.42 Å². The molecular formula is C11H10BrN3O2. The molecule has 0 unspecified atom stereocenters. The molecule has 1 heterocycles. The molecule has 1 aromatic heterocycles. The number of halogens is 1. The minimum absolute atomic E-state index is 0.196. The van der Waals surface area contributed by atoms with Crippen LogP contribution in [0.1, 0.15) is 21.7 Å². The number of anilines is 1. The summed E-state index contributed by atoms with van der Waals surface area (Å²) >= 11 is 3.40. The Labute approximate surface area is 106 Å². The zero-order valence-corrected chi connectivity index (χ0v) is 10.9. The van der Waals surface area contributed by atoms with Gasteiger partial charge in [-0.2, -0.15) is 0 Å². The van der Waals surface area contributed by atoms with Crippen LogP contribution in [0, 0.1) is 13.8 Å². The number of hydrogen-bond donors (Lipinski definition) is 1. The van der Waals surface area contributed by atoms with E-state index in [0.717, 1.165) is 10.0 Å². The molecule has 0 aliphatic heterocycles. The normalized spacial score (nSPS) is 10.3. The molecular weight excluding hydrogens is 286 g/mol. The minimum Gasteiger partial charge on any atom is -0.320 e. The van der Waals surface area contributed by atoms with Gasteiger partial charge in [0.2, 0.25) is 0 Å². The fourth-order valence-electron chi connectivity index (χ4n) is 1.30. The van der Waals surface area contributed by atoms with E-state index < -0.39 is 0 Å². The van der Waals surface area contributed by atoms with Crippen molar-refractivity contribution in [3.05, 3.63) is 39.6 Å². The van der Waals surface area contributed by atoms with Gasteiger partial charge in [0.25, 0.3) is 5.91 Å². The maximum absolute atomic E-state index is 11.8. The molecule has 0 atom stereocenters. The quantitative estimate of drug-likeness (QED) is 0.925. The van der Waals surface area contributed by atoms with Crippen LogP contribution in [0.2, 0.25) is 0 Å². The fourth-order valence-corrected chi connectivity index (χ4v) is 1.68. The first kappa shape index (κ1) is 11.8. The zero-order valence-electron chi connectivity index (χ0n) is 9.32. The molecule has 1 amide bonds. The van der Waals surface area contributed by atoms with E-state index in [1.807, 2.05) is 25.1 Å². The number of hydrogen-bond acceptors (Lipinski definition) is 4. The highest BCUT2D eigenvalue weighted by Gasteiger charge is 2.15. The number of carbonyl (C=O) groups is 1. The predicted octanol–water partition coefficient (Wildman–Crippen LogP) is 2.70. The lowest BCUT2D eigenvalue weighted by molar-refractivity contribution is 0.101. The van der Waals surface area contributed by atoms with Crippen molar-refractivity contribution >= 4 is 27.5 Å². The van der Waals surface area contributed by atoms with Crippen LogP contribution in [-0.4, -0.2) is 16.2 Å². The third-order valence-electron chi connectivity index (χ3n) is 2.30. The van der Waals surface area contributed by atoms with Crippen LogP contribution in [0.4, 0.5) is 5.69 Å². The van der Waals surface area contributed by atoms with E-state index in [2.05, 4.69) is 36.2 Å². The van der Waals surface area contributed by atoms with Crippen molar-refractivity contribution in [3.8, 4) is 0 Å². The standard InChI is InChI=1S/C11H10BrN3O2/c1-6-3-4-8(5-9(6)12)13-11(16)10-7(2)14-17-15-10/h3-5H,1-2H3,(H,13,16). The maximum atomic E-state index is 11.8. The van der Waals surface area contributed by atoms with Crippen molar-refractivity contribution in [2.45, 2.75) is 13.8 Å². The molecule has 5 nitrogen and oxygen atoms in total. The molecule has 2 rings (SSSR count). The number of rotatable bonds is 2. The third kappa shape index (κ3) is 2.52. The second kappa shape index (κ2) is 4.67. The molecule has 0 radical (unpaired) electrons. The van der Waals surface area contributed by atoms with E-state index in [-0.39, 0.29) is 11.6 Å². The summed E-state index contributed by atoms with van der Waals surface area (Å²) in [6.45, 7) is 3.64. The molecule has 0 fully saturated rings. The number of carbonyl (C=O) groups excluding carboxylic acids is 1. The van der Waals surface area contributed by atoms with Gasteiger partial charge in [-0.15, -0.1) is 0 Å². The summed E-state index contributed by atoms with van der Waals surface area (Å²) in [5.41, 5.74) is 2.45. The van der Waals surface area contributed by atoms with Crippen molar-refractivity contribution in [1.82, 2.24) is 10.3 Å². The number of nitrogens with zero attached hydrogens (tertiary/aromatic N) is 2. The van der Waals surface area contributed by atoms with Crippen LogP contribution >= 0.6 is 15.9 Å². The Bertz CT molecular complexity index is 566. The highest BCUT2D eigenvalue weighted by Crippen LogP contribution is 2.21. The molecule has 0 saturated heterocycles. The number of benzene rings is 1. The average molecular weight is 296 g/mol. The Hall–Kier alpha value is -1.69. The second-order valence-corrected chi connectivity index (χ2v) is 4.47. The maximum Gasteiger partial charge on any atom is 0.279 e. The summed E-state index contributed by atoms with van der Waals surface area (Å²) in [6.07, 6.45) is 0. The fraction of sp³-hybridized carbons (Fsp3) is 0.182. The van der Waals surface area contributed by atoms with Crippen LogP contribution in [0.5, 0.6) is 0 Å². The summed E-state index contributed by atoms with van der Waals surface area (Å²) in [5.74, 6) is -0.334. The molecule has 6 heteroatoms. The second-order valence-electron chi connectivity index (χ2n) is 3.62. The van der Waals surface area contributed by atoms with Gasteiger partial charge in [-0.05, 0) is 36.7 Å². The largest absolute Gasteiger partial charge is 0.320 e. The Morgan fingerprint density at radius 3 is 2.71 bits per heavy atom. The lowest BCUT2D eigenvalue weighted by Gasteiger charge is -2.05. The van der Waals surface area contributed by atoms with Crippen LogP contribution in [0.25, 0.3) is 0 Å². The highest BCUT2D eigenvalue weighted by molar-refractivity contribution is 9.10. The first-order valence-corrected chi connectivity index (χ1v) is 5.74. The Morgan fingerprint density at radius 1 is 1.35 bits per heavy atom. The molecule has 2 aromatic rings. The van der Waals surface area contributed by atoms with Gasteiger partial charge in [-0.1, -0.05) is 27.2 Å². The summed E-state index contributed by atoms with van der Waals surface area (Å²) in [7, 11) is 0. The number of amides is 1. The first-order valence-electron chi connectivity index (χ1n) is 4.94. The molecule has 17 heavy (non-hydrogen) atoms. The zero-order chi connectivity index (χ0) is 12.4. The van der Waals surface area contributed by atoms with Gasteiger partial charge in [-0.3, -0.25) is 4.79 Å². The Kier molecular flexibility index (Phi) is 3.23. The summed E-state index contributed by atoms with van der Waals surface area (Å²) in [6, 6.07) is 5.56. The SMILES string of the molecule is Cc1ccc(NC(=O)c2nonc2C)cc1Br.